The van der Waals surface area contributed by atoms with Gasteiger partial charge in [0.25, 0.3) is 0 Å². The van der Waals surface area contributed by atoms with E-state index in [2.05, 4.69) is 0 Å². The van der Waals surface area contributed by atoms with Crippen LogP contribution in [-0.2, 0) is 16.0 Å². The molecule has 2 aromatic carbocycles. The van der Waals surface area contributed by atoms with Gasteiger partial charge in [0.1, 0.15) is 11.5 Å². The van der Waals surface area contributed by atoms with Gasteiger partial charge in [-0.25, -0.2) is 0 Å². The van der Waals surface area contributed by atoms with E-state index >= 15 is 0 Å². The van der Waals surface area contributed by atoms with Gasteiger partial charge in [-0.2, -0.15) is 0 Å². The molecule has 1 aliphatic heterocycles. The Morgan fingerprint density at radius 1 is 1.26 bits per heavy atom. The maximum atomic E-state index is 11.5. The van der Waals surface area contributed by atoms with Crippen molar-refractivity contribution in [1.29, 1.82) is 0 Å². The molecule has 4 heteroatoms. The molecule has 3 rings (SSSR count). The van der Waals surface area contributed by atoms with Gasteiger partial charge in [-0.15, -0.1) is 0 Å². The lowest BCUT2D eigenvalue weighted by Gasteiger charge is -2.13. The molecule has 0 unspecified atom stereocenters. The summed E-state index contributed by atoms with van der Waals surface area (Å²) in [4.78, 5) is 22.8. The molecule has 0 aliphatic carbocycles. The summed E-state index contributed by atoms with van der Waals surface area (Å²) in [7, 11) is 0. The molecular formula is C15H12O4. The first-order valence-electron chi connectivity index (χ1n) is 6.01. The molecule has 0 saturated heterocycles. The molecule has 0 amide bonds. The average Bonchev–Trinajstić information content (AvgIpc) is 2.76. The van der Waals surface area contributed by atoms with E-state index < -0.39 is 0 Å². The number of rotatable bonds is 1. The van der Waals surface area contributed by atoms with E-state index in [-0.39, 0.29) is 18.4 Å². The molecule has 1 aliphatic rings. The third-order valence-corrected chi connectivity index (χ3v) is 3.27. The van der Waals surface area contributed by atoms with E-state index in [1.54, 1.807) is 0 Å². The number of hydrogen-bond donors (Lipinski definition) is 0. The zero-order valence-electron chi connectivity index (χ0n) is 10.6. The maximum absolute atomic E-state index is 11.5. The first kappa shape index (κ1) is 11.7. The van der Waals surface area contributed by atoms with Crippen LogP contribution in [0.1, 0.15) is 18.1 Å². The van der Waals surface area contributed by atoms with Gasteiger partial charge in [0.05, 0.1) is 6.42 Å². The van der Waals surface area contributed by atoms with E-state index in [1.807, 2.05) is 31.2 Å². The van der Waals surface area contributed by atoms with E-state index in [0.29, 0.717) is 11.5 Å². The second-order valence-electron chi connectivity index (χ2n) is 4.55. The molecule has 1 heterocycles. The Bertz CT molecular complexity index is 716. The van der Waals surface area contributed by atoms with Crippen molar-refractivity contribution >= 4 is 22.7 Å². The summed E-state index contributed by atoms with van der Waals surface area (Å²) in [5.41, 5.74) is 1.59. The SMILES string of the molecule is CC(=O)Oc1c(C)c2c(c3ccccc13)OC(=O)C2. The van der Waals surface area contributed by atoms with Crippen molar-refractivity contribution in [2.45, 2.75) is 20.3 Å². The molecule has 0 radical (unpaired) electrons. The monoisotopic (exact) mass is 256 g/mol. The van der Waals surface area contributed by atoms with Crippen LogP contribution < -0.4 is 9.47 Å². The predicted octanol–water partition coefficient (Wildman–Crippen LogP) is 2.54. The Kier molecular flexibility index (Phi) is 2.52. The molecule has 0 bridgehead atoms. The average molecular weight is 256 g/mol. The van der Waals surface area contributed by atoms with Crippen LogP contribution in [0.25, 0.3) is 10.8 Å². The summed E-state index contributed by atoms with van der Waals surface area (Å²) in [5, 5.41) is 1.58. The van der Waals surface area contributed by atoms with Crippen LogP contribution in [0.4, 0.5) is 0 Å². The quantitative estimate of drug-likeness (QED) is 0.581. The third-order valence-electron chi connectivity index (χ3n) is 3.27. The smallest absolute Gasteiger partial charge is 0.315 e. The fraction of sp³-hybridized carbons (Fsp3) is 0.200. The van der Waals surface area contributed by atoms with Gasteiger partial charge in [0, 0.05) is 23.3 Å². The van der Waals surface area contributed by atoms with Crippen molar-refractivity contribution in [3.8, 4) is 11.5 Å². The summed E-state index contributed by atoms with van der Waals surface area (Å²) in [6.45, 7) is 3.20. The zero-order chi connectivity index (χ0) is 13.6. The Labute approximate surface area is 109 Å². The third kappa shape index (κ3) is 1.76. The minimum Gasteiger partial charge on any atom is -0.426 e. The Morgan fingerprint density at radius 3 is 2.63 bits per heavy atom. The lowest BCUT2D eigenvalue weighted by Crippen LogP contribution is -2.04. The number of carbonyl (C=O) groups excluding carboxylic acids is 2. The molecule has 0 N–H and O–H groups in total. The first-order chi connectivity index (χ1) is 9.08. The summed E-state index contributed by atoms with van der Waals surface area (Å²) in [6.07, 6.45) is 0.222. The van der Waals surface area contributed by atoms with Crippen LogP contribution in [-0.4, -0.2) is 11.9 Å². The van der Waals surface area contributed by atoms with Crippen LogP contribution in [0, 0.1) is 6.92 Å². The molecule has 96 valence electrons. The number of hydrogen-bond acceptors (Lipinski definition) is 4. The standard InChI is InChI=1S/C15H12O4/c1-8-12-7-13(17)19-15(12)11-6-4-3-5-10(11)14(8)18-9(2)16/h3-6H,7H2,1-2H3. The van der Waals surface area contributed by atoms with Gasteiger partial charge in [0.2, 0.25) is 0 Å². The van der Waals surface area contributed by atoms with Crippen LogP contribution in [0.2, 0.25) is 0 Å². The van der Waals surface area contributed by atoms with Crippen LogP contribution in [0.5, 0.6) is 11.5 Å². The van der Waals surface area contributed by atoms with Crippen molar-refractivity contribution in [1.82, 2.24) is 0 Å². The molecule has 0 spiro atoms. The van der Waals surface area contributed by atoms with E-state index in [4.69, 9.17) is 9.47 Å². The van der Waals surface area contributed by atoms with Gasteiger partial charge in [-0.3, -0.25) is 9.59 Å². The minimum atomic E-state index is -0.376. The number of fused-ring (bicyclic) bond motifs is 3. The number of esters is 2. The lowest BCUT2D eigenvalue weighted by molar-refractivity contribution is -0.132. The Hall–Kier alpha value is -2.36. The molecule has 19 heavy (non-hydrogen) atoms. The highest BCUT2D eigenvalue weighted by molar-refractivity contribution is 6.01. The van der Waals surface area contributed by atoms with Gasteiger partial charge in [-0.05, 0) is 12.5 Å². The van der Waals surface area contributed by atoms with Gasteiger partial charge in [-0.1, -0.05) is 24.3 Å². The molecular weight excluding hydrogens is 244 g/mol. The topological polar surface area (TPSA) is 52.6 Å². The lowest BCUT2D eigenvalue weighted by atomic mass is 9.98. The van der Waals surface area contributed by atoms with Crippen molar-refractivity contribution in [3.63, 3.8) is 0 Å². The summed E-state index contributed by atoms with van der Waals surface area (Å²) >= 11 is 0. The largest absolute Gasteiger partial charge is 0.426 e. The second kappa shape index (κ2) is 4.09. The van der Waals surface area contributed by atoms with Crippen LogP contribution in [0.15, 0.2) is 24.3 Å². The van der Waals surface area contributed by atoms with Crippen molar-refractivity contribution in [2.75, 3.05) is 0 Å². The van der Waals surface area contributed by atoms with Gasteiger partial charge < -0.3 is 9.47 Å². The highest BCUT2D eigenvalue weighted by Crippen LogP contribution is 2.43. The predicted molar refractivity (Wildman–Crippen MR) is 69.3 cm³/mol. The van der Waals surface area contributed by atoms with Crippen molar-refractivity contribution in [2.24, 2.45) is 0 Å². The first-order valence-corrected chi connectivity index (χ1v) is 6.01. The van der Waals surface area contributed by atoms with E-state index in [9.17, 15) is 9.59 Å². The number of benzene rings is 2. The molecule has 2 aromatic rings. The fourth-order valence-corrected chi connectivity index (χ4v) is 2.45. The molecule has 0 saturated carbocycles. The minimum absolute atomic E-state index is 0.222. The number of carbonyl (C=O) groups is 2. The highest BCUT2D eigenvalue weighted by Gasteiger charge is 2.28. The summed E-state index contributed by atoms with van der Waals surface area (Å²) in [6, 6.07) is 7.44. The summed E-state index contributed by atoms with van der Waals surface area (Å²) < 4.78 is 10.6. The van der Waals surface area contributed by atoms with Gasteiger partial charge >= 0.3 is 11.9 Å². The Balaban J connectivity index is 2.37. The Morgan fingerprint density at radius 2 is 1.95 bits per heavy atom. The summed E-state index contributed by atoms with van der Waals surface area (Å²) in [5.74, 6) is 0.454. The van der Waals surface area contributed by atoms with Crippen molar-refractivity contribution in [3.05, 3.63) is 35.4 Å². The fourth-order valence-electron chi connectivity index (χ4n) is 2.45. The molecule has 0 atom stereocenters. The van der Waals surface area contributed by atoms with Crippen molar-refractivity contribution < 1.29 is 19.1 Å². The van der Waals surface area contributed by atoms with E-state index in [1.165, 1.54) is 6.92 Å². The second-order valence-corrected chi connectivity index (χ2v) is 4.55. The zero-order valence-corrected chi connectivity index (χ0v) is 10.6. The molecule has 0 aromatic heterocycles. The van der Waals surface area contributed by atoms with E-state index in [0.717, 1.165) is 21.9 Å². The number of ether oxygens (including phenoxy) is 2. The highest BCUT2D eigenvalue weighted by atomic mass is 16.5. The van der Waals surface area contributed by atoms with Crippen LogP contribution >= 0.6 is 0 Å². The molecule has 0 fully saturated rings. The van der Waals surface area contributed by atoms with Gasteiger partial charge in [0.15, 0.2) is 0 Å². The normalized spacial score (nSPS) is 13.3. The molecule has 4 nitrogen and oxygen atoms in total. The van der Waals surface area contributed by atoms with Crippen LogP contribution in [0.3, 0.4) is 0 Å². The maximum Gasteiger partial charge on any atom is 0.315 e.